The molecule has 13 heteroatoms. The van der Waals surface area contributed by atoms with E-state index in [0.717, 1.165) is 18.9 Å². The summed E-state index contributed by atoms with van der Waals surface area (Å²) in [6.45, 7) is 8.32. The fourth-order valence-electron chi connectivity index (χ4n) is 4.84. The number of rotatable bonds is 7. The maximum atomic E-state index is 14.2. The second-order valence-corrected chi connectivity index (χ2v) is 11.0. The second kappa shape index (κ2) is 10.4. The van der Waals surface area contributed by atoms with Crippen LogP contribution >= 0.6 is 0 Å². The molecule has 10 nitrogen and oxygen atoms in total. The van der Waals surface area contributed by atoms with Crippen LogP contribution in [0.25, 0.3) is 16.9 Å². The zero-order valence-corrected chi connectivity index (χ0v) is 22.9. The number of nitrogens with two attached hydrogens (primary N) is 1. The Kier molecular flexibility index (Phi) is 7.21. The van der Waals surface area contributed by atoms with Crippen LogP contribution in [0.1, 0.15) is 63.4 Å². The molecule has 4 aromatic rings. The molecule has 214 valence electrons. The molecular formula is C27H34F3N9O. The van der Waals surface area contributed by atoms with Crippen LogP contribution in [0.4, 0.5) is 24.9 Å². The number of piperidine rings is 1. The highest BCUT2D eigenvalue weighted by Crippen LogP contribution is 2.36. The fourth-order valence-corrected chi connectivity index (χ4v) is 4.84. The van der Waals surface area contributed by atoms with Crippen LogP contribution in [0.3, 0.4) is 0 Å². The van der Waals surface area contributed by atoms with Gasteiger partial charge in [0, 0.05) is 43.5 Å². The number of nitrogens with one attached hydrogen (secondary N) is 1. The number of aliphatic hydroxyl groups is 1. The lowest BCUT2D eigenvalue weighted by Gasteiger charge is -2.30. The number of alkyl halides is 3. The van der Waals surface area contributed by atoms with Crippen LogP contribution in [-0.2, 0) is 18.3 Å². The Balaban J connectivity index is 1.57. The first-order valence-electron chi connectivity index (χ1n) is 13.3. The van der Waals surface area contributed by atoms with Crippen LogP contribution in [-0.4, -0.2) is 53.5 Å². The van der Waals surface area contributed by atoms with Crippen molar-refractivity contribution in [3.05, 3.63) is 53.6 Å². The first kappa shape index (κ1) is 27.8. The van der Waals surface area contributed by atoms with Crippen molar-refractivity contribution in [1.29, 1.82) is 0 Å². The van der Waals surface area contributed by atoms with Gasteiger partial charge in [0.05, 0.1) is 23.3 Å². The van der Waals surface area contributed by atoms with Crippen molar-refractivity contribution in [2.75, 3.05) is 23.3 Å². The Bertz CT molecular complexity index is 1500. The summed E-state index contributed by atoms with van der Waals surface area (Å²) < 4.78 is 45.8. The fraction of sp³-hybridized carbons (Fsp3) is 0.481. The molecule has 0 bridgehead atoms. The van der Waals surface area contributed by atoms with E-state index in [9.17, 15) is 18.3 Å². The summed E-state index contributed by atoms with van der Waals surface area (Å²) in [6.07, 6.45) is 0.205. The quantitative estimate of drug-likeness (QED) is 0.306. The molecule has 4 heterocycles. The number of nitrogens with zero attached hydrogens (tertiary/aromatic N) is 7. The largest absolute Gasteiger partial charge is 0.416 e. The Hall–Kier alpha value is -3.71. The van der Waals surface area contributed by atoms with Gasteiger partial charge in [-0.25, -0.2) is 9.67 Å². The van der Waals surface area contributed by atoms with Crippen LogP contribution in [0.2, 0.25) is 0 Å². The van der Waals surface area contributed by atoms with Gasteiger partial charge in [-0.1, -0.05) is 6.07 Å². The zero-order chi connectivity index (χ0) is 28.8. The molecule has 0 radical (unpaired) electrons. The molecule has 3 aromatic heterocycles. The smallest absolute Gasteiger partial charge is 0.384 e. The van der Waals surface area contributed by atoms with E-state index in [0.29, 0.717) is 41.7 Å². The van der Waals surface area contributed by atoms with E-state index < -0.39 is 17.3 Å². The average Bonchev–Trinajstić information content (AvgIpc) is 3.55. The van der Waals surface area contributed by atoms with E-state index >= 15 is 0 Å². The predicted molar refractivity (Wildman–Crippen MR) is 146 cm³/mol. The Morgan fingerprint density at radius 2 is 1.85 bits per heavy atom. The third kappa shape index (κ3) is 5.48. The van der Waals surface area contributed by atoms with E-state index in [-0.39, 0.29) is 29.9 Å². The molecule has 1 aliphatic heterocycles. The van der Waals surface area contributed by atoms with Crippen LogP contribution in [0, 0.1) is 0 Å². The van der Waals surface area contributed by atoms with Crippen molar-refractivity contribution in [1.82, 2.24) is 29.3 Å². The highest BCUT2D eigenvalue weighted by molar-refractivity contribution is 5.84. The zero-order valence-electron chi connectivity index (χ0n) is 22.9. The van der Waals surface area contributed by atoms with Gasteiger partial charge in [0.1, 0.15) is 5.60 Å². The van der Waals surface area contributed by atoms with Crippen molar-refractivity contribution in [2.45, 2.75) is 70.9 Å². The van der Waals surface area contributed by atoms with Crippen molar-refractivity contribution in [2.24, 2.45) is 5.73 Å². The molecule has 0 spiro atoms. The van der Waals surface area contributed by atoms with Crippen molar-refractivity contribution >= 4 is 22.9 Å². The van der Waals surface area contributed by atoms with Crippen LogP contribution in [0.5, 0.6) is 0 Å². The molecule has 0 saturated carbocycles. The van der Waals surface area contributed by atoms with Gasteiger partial charge in [0.25, 0.3) is 0 Å². The molecule has 0 amide bonds. The lowest BCUT2D eigenvalue weighted by Crippen LogP contribution is -2.40. The number of halogens is 3. The molecule has 1 saturated heterocycles. The topological polar surface area (TPSA) is 123 Å². The molecule has 0 atom stereocenters. The SMILES string of the molecule is CC(C)n1cnc2c(NCc3c(-n4ccc(C(C)(C)O)n4)cccc3C(F)(F)F)nc(N3CCC(N)CC3)nc21. The number of hydrogen-bond acceptors (Lipinski definition) is 8. The molecule has 5 rings (SSSR count). The van der Waals surface area contributed by atoms with E-state index in [4.69, 9.17) is 15.7 Å². The Morgan fingerprint density at radius 1 is 1.12 bits per heavy atom. The van der Waals surface area contributed by atoms with Gasteiger partial charge in [-0.05, 0) is 58.7 Å². The minimum Gasteiger partial charge on any atom is -0.384 e. The summed E-state index contributed by atoms with van der Waals surface area (Å²) in [4.78, 5) is 16.0. The Morgan fingerprint density at radius 3 is 2.48 bits per heavy atom. The van der Waals surface area contributed by atoms with Crippen molar-refractivity contribution in [3.63, 3.8) is 0 Å². The lowest BCUT2D eigenvalue weighted by atomic mass is 10.0. The van der Waals surface area contributed by atoms with Crippen molar-refractivity contribution < 1.29 is 18.3 Å². The third-order valence-corrected chi connectivity index (χ3v) is 7.14. The summed E-state index contributed by atoms with van der Waals surface area (Å²) in [7, 11) is 0. The number of fused-ring (bicyclic) bond motifs is 1. The maximum Gasteiger partial charge on any atom is 0.416 e. The minimum absolute atomic E-state index is 0.0130. The molecule has 4 N–H and O–H groups in total. The van der Waals surface area contributed by atoms with E-state index in [2.05, 4.69) is 15.4 Å². The van der Waals surface area contributed by atoms with Crippen LogP contribution in [0.15, 0.2) is 36.8 Å². The third-order valence-electron chi connectivity index (χ3n) is 7.14. The summed E-state index contributed by atoms with van der Waals surface area (Å²) in [5, 5.41) is 17.8. The van der Waals surface area contributed by atoms with Crippen LogP contribution < -0.4 is 16.0 Å². The lowest BCUT2D eigenvalue weighted by molar-refractivity contribution is -0.138. The summed E-state index contributed by atoms with van der Waals surface area (Å²) >= 11 is 0. The molecular weight excluding hydrogens is 523 g/mol. The second-order valence-electron chi connectivity index (χ2n) is 11.0. The summed E-state index contributed by atoms with van der Waals surface area (Å²) in [5.74, 6) is 0.824. The monoisotopic (exact) mass is 557 g/mol. The summed E-state index contributed by atoms with van der Waals surface area (Å²) in [5.41, 5.74) is 5.68. The molecule has 0 unspecified atom stereocenters. The standard InChI is InChI=1S/C27H34F3N9O/c1-16(2)38-15-33-22-23(34-25(35-24(22)38)37-11-8-17(31)9-12-37)32-14-18-19(27(28,29)30)6-5-7-20(18)39-13-10-21(36-39)26(3,4)40/h5-7,10,13,15-17,40H,8-9,11-12,14,31H2,1-4H3,(H,32,34,35). The van der Waals surface area contributed by atoms with Gasteiger partial charge in [-0.15, -0.1) is 0 Å². The van der Waals surface area contributed by atoms with Crippen molar-refractivity contribution in [3.8, 4) is 5.69 Å². The highest BCUT2D eigenvalue weighted by atomic mass is 19.4. The van der Waals surface area contributed by atoms with E-state index in [1.165, 1.54) is 10.7 Å². The summed E-state index contributed by atoms with van der Waals surface area (Å²) in [6, 6.07) is 5.74. The Labute approximate surface area is 230 Å². The number of hydrogen-bond donors (Lipinski definition) is 3. The highest BCUT2D eigenvalue weighted by Gasteiger charge is 2.35. The molecule has 1 aromatic carbocycles. The first-order chi connectivity index (χ1) is 18.8. The molecule has 40 heavy (non-hydrogen) atoms. The number of benzene rings is 1. The molecule has 1 aliphatic rings. The van der Waals surface area contributed by atoms with Gasteiger partial charge in [-0.2, -0.15) is 28.2 Å². The van der Waals surface area contributed by atoms with Gasteiger partial charge >= 0.3 is 6.18 Å². The molecule has 1 fully saturated rings. The number of imidazole rings is 1. The number of anilines is 2. The predicted octanol–water partition coefficient (Wildman–Crippen LogP) is 4.38. The van der Waals surface area contributed by atoms with Gasteiger partial charge < -0.3 is 25.6 Å². The van der Waals surface area contributed by atoms with Gasteiger partial charge in [-0.3, -0.25) is 0 Å². The first-order valence-corrected chi connectivity index (χ1v) is 13.3. The maximum absolute atomic E-state index is 14.2. The number of aromatic nitrogens is 6. The van der Waals surface area contributed by atoms with Gasteiger partial charge in [0.2, 0.25) is 5.95 Å². The van der Waals surface area contributed by atoms with E-state index in [1.54, 1.807) is 38.5 Å². The van der Waals surface area contributed by atoms with Gasteiger partial charge in [0.15, 0.2) is 17.0 Å². The molecule has 0 aliphatic carbocycles. The average molecular weight is 558 g/mol. The minimum atomic E-state index is -4.60. The normalized spacial score (nSPS) is 15.4. The van der Waals surface area contributed by atoms with E-state index in [1.807, 2.05) is 23.3 Å².